The molecule has 1 aliphatic rings. The van der Waals surface area contributed by atoms with Crippen LogP contribution in [-0.2, 0) is 4.79 Å². The van der Waals surface area contributed by atoms with Crippen molar-refractivity contribution < 1.29 is 14.7 Å². The molecule has 0 aromatic carbocycles. The fourth-order valence-corrected chi connectivity index (χ4v) is 2.56. The zero-order valence-corrected chi connectivity index (χ0v) is 11.1. The Balaban J connectivity index is 2.37. The zero-order chi connectivity index (χ0) is 13.5. The molecule has 0 aromatic heterocycles. The SMILES string of the molecule is CCCCN(C[C@H]1CC[C@H](C(N)=O)CC1)C(=O)O. The lowest BCUT2D eigenvalue weighted by Crippen LogP contribution is -2.37. The molecule has 0 unspecified atom stereocenters. The van der Waals surface area contributed by atoms with Crippen molar-refractivity contribution in [1.29, 1.82) is 0 Å². The van der Waals surface area contributed by atoms with Gasteiger partial charge >= 0.3 is 6.09 Å². The molecule has 0 bridgehead atoms. The second-order valence-electron chi connectivity index (χ2n) is 5.20. The van der Waals surface area contributed by atoms with Crippen molar-refractivity contribution in [2.45, 2.75) is 45.4 Å². The minimum Gasteiger partial charge on any atom is -0.465 e. The van der Waals surface area contributed by atoms with Crippen LogP contribution < -0.4 is 5.73 Å². The third-order valence-electron chi connectivity index (χ3n) is 3.78. The van der Waals surface area contributed by atoms with Crippen LogP contribution in [0.25, 0.3) is 0 Å². The molecule has 5 nitrogen and oxygen atoms in total. The van der Waals surface area contributed by atoms with Gasteiger partial charge in [0, 0.05) is 19.0 Å². The predicted octanol–water partition coefficient (Wildman–Crippen LogP) is 2.06. The smallest absolute Gasteiger partial charge is 0.407 e. The Hall–Kier alpha value is -1.26. The minimum absolute atomic E-state index is 0.00447. The van der Waals surface area contributed by atoms with Crippen molar-refractivity contribution in [3.05, 3.63) is 0 Å². The number of hydrogen-bond acceptors (Lipinski definition) is 2. The normalized spacial score (nSPS) is 23.6. The molecule has 104 valence electrons. The molecule has 3 N–H and O–H groups in total. The van der Waals surface area contributed by atoms with Crippen LogP contribution >= 0.6 is 0 Å². The molecular weight excluding hydrogens is 232 g/mol. The van der Waals surface area contributed by atoms with E-state index < -0.39 is 6.09 Å². The first-order valence-corrected chi connectivity index (χ1v) is 6.81. The Bertz CT molecular complexity index is 286. The van der Waals surface area contributed by atoms with Gasteiger partial charge in [-0.2, -0.15) is 0 Å². The van der Waals surface area contributed by atoms with Crippen LogP contribution in [0.1, 0.15) is 45.4 Å². The molecule has 18 heavy (non-hydrogen) atoms. The molecule has 0 radical (unpaired) electrons. The number of unbranched alkanes of at least 4 members (excludes halogenated alkanes) is 1. The number of rotatable bonds is 6. The van der Waals surface area contributed by atoms with Gasteiger partial charge in [-0.05, 0) is 38.0 Å². The van der Waals surface area contributed by atoms with Crippen LogP contribution in [-0.4, -0.2) is 35.1 Å². The van der Waals surface area contributed by atoms with E-state index in [2.05, 4.69) is 6.92 Å². The van der Waals surface area contributed by atoms with E-state index in [1.54, 1.807) is 0 Å². The van der Waals surface area contributed by atoms with Gasteiger partial charge < -0.3 is 15.7 Å². The number of carboxylic acid groups (broad SMARTS) is 1. The van der Waals surface area contributed by atoms with Crippen molar-refractivity contribution >= 4 is 12.0 Å². The second-order valence-corrected chi connectivity index (χ2v) is 5.20. The molecule has 0 saturated heterocycles. The number of carbonyl (C=O) groups excluding carboxylic acids is 1. The third-order valence-corrected chi connectivity index (χ3v) is 3.78. The summed E-state index contributed by atoms with van der Waals surface area (Å²) in [6.45, 7) is 3.26. The van der Waals surface area contributed by atoms with Crippen LogP contribution in [0.3, 0.4) is 0 Å². The summed E-state index contributed by atoms with van der Waals surface area (Å²) >= 11 is 0. The number of primary amides is 1. The monoisotopic (exact) mass is 256 g/mol. The van der Waals surface area contributed by atoms with Crippen molar-refractivity contribution in [1.82, 2.24) is 4.90 Å². The maximum atomic E-state index is 11.1. The minimum atomic E-state index is -0.833. The van der Waals surface area contributed by atoms with Crippen LogP contribution in [0.4, 0.5) is 4.79 Å². The van der Waals surface area contributed by atoms with E-state index in [0.29, 0.717) is 19.0 Å². The first-order chi connectivity index (χ1) is 8.54. The van der Waals surface area contributed by atoms with Gasteiger partial charge in [-0.15, -0.1) is 0 Å². The average molecular weight is 256 g/mol. The Morgan fingerprint density at radius 3 is 2.33 bits per heavy atom. The highest BCUT2D eigenvalue weighted by Gasteiger charge is 2.26. The third kappa shape index (κ3) is 4.55. The van der Waals surface area contributed by atoms with Gasteiger partial charge in [-0.25, -0.2) is 4.79 Å². The number of carbonyl (C=O) groups is 2. The zero-order valence-electron chi connectivity index (χ0n) is 11.1. The van der Waals surface area contributed by atoms with Crippen LogP contribution in [0.15, 0.2) is 0 Å². The lowest BCUT2D eigenvalue weighted by molar-refractivity contribution is -0.123. The maximum Gasteiger partial charge on any atom is 0.407 e. The van der Waals surface area contributed by atoms with Gasteiger partial charge in [-0.3, -0.25) is 4.79 Å². The molecule has 0 spiro atoms. The second kappa shape index (κ2) is 7.24. The summed E-state index contributed by atoms with van der Waals surface area (Å²) < 4.78 is 0. The molecule has 0 atom stereocenters. The highest BCUT2D eigenvalue weighted by atomic mass is 16.4. The summed E-state index contributed by atoms with van der Waals surface area (Å²) in [5.41, 5.74) is 5.28. The summed E-state index contributed by atoms with van der Waals surface area (Å²) in [7, 11) is 0. The first-order valence-electron chi connectivity index (χ1n) is 6.81. The van der Waals surface area contributed by atoms with Crippen molar-refractivity contribution in [3.63, 3.8) is 0 Å². The topological polar surface area (TPSA) is 83.6 Å². The Morgan fingerprint density at radius 1 is 1.28 bits per heavy atom. The molecule has 0 heterocycles. The van der Waals surface area contributed by atoms with E-state index in [1.165, 1.54) is 4.90 Å². The Morgan fingerprint density at radius 2 is 1.89 bits per heavy atom. The summed E-state index contributed by atoms with van der Waals surface area (Å²) in [6.07, 6.45) is 4.50. The van der Waals surface area contributed by atoms with E-state index in [-0.39, 0.29) is 11.8 Å². The van der Waals surface area contributed by atoms with Crippen LogP contribution in [0.5, 0.6) is 0 Å². The highest BCUT2D eigenvalue weighted by molar-refractivity contribution is 5.76. The molecule has 1 saturated carbocycles. The van der Waals surface area contributed by atoms with Crippen LogP contribution in [0.2, 0.25) is 0 Å². The number of amides is 2. The maximum absolute atomic E-state index is 11.1. The van der Waals surface area contributed by atoms with Gasteiger partial charge in [0.05, 0.1) is 0 Å². The molecule has 0 aromatic rings. The van der Waals surface area contributed by atoms with E-state index in [0.717, 1.165) is 38.5 Å². The quantitative estimate of drug-likeness (QED) is 0.763. The van der Waals surface area contributed by atoms with E-state index in [9.17, 15) is 9.59 Å². The summed E-state index contributed by atoms with van der Waals surface area (Å²) in [6, 6.07) is 0. The van der Waals surface area contributed by atoms with Crippen molar-refractivity contribution in [2.24, 2.45) is 17.6 Å². The van der Waals surface area contributed by atoms with Gasteiger partial charge in [0.25, 0.3) is 0 Å². The Kier molecular flexibility index (Phi) is 5.95. The lowest BCUT2D eigenvalue weighted by atomic mass is 9.81. The van der Waals surface area contributed by atoms with E-state index in [4.69, 9.17) is 10.8 Å². The van der Waals surface area contributed by atoms with E-state index >= 15 is 0 Å². The summed E-state index contributed by atoms with van der Waals surface area (Å²) in [5, 5.41) is 9.12. The molecule has 2 amide bonds. The van der Waals surface area contributed by atoms with E-state index in [1.807, 2.05) is 0 Å². The fourth-order valence-electron chi connectivity index (χ4n) is 2.56. The lowest BCUT2D eigenvalue weighted by Gasteiger charge is -2.30. The largest absolute Gasteiger partial charge is 0.465 e. The fraction of sp³-hybridized carbons (Fsp3) is 0.846. The number of nitrogens with two attached hydrogens (primary N) is 1. The highest BCUT2D eigenvalue weighted by Crippen LogP contribution is 2.29. The molecule has 5 heteroatoms. The molecule has 1 aliphatic carbocycles. The number of hydrogen-bond donors (Lipinski definition) is 2. The summed E-state index contributed by atoms with van der Waals surface area (Å²) in [5.74, 6) is 0.165. The first kappa shape index (κ1) is 14.8. The average Bonchev–Trinajstić information content (AvgIpc) is 2.34. The summed E-state index contributed by atoms with van der Waals surface area (Å²) in [4.78, 5) is 23.7. The van der Waals surface area contributed by atoms with Crippen LogP contribution in [0, 0.1) is 11.8 Å². The van der Waals surface area contributed by atoms with Gasteiger partial charge in [0.2, 0.25) is 5.91 Å². The molecule has 0 aliphatic heterocycles. The van der Waals surface area contributed by atoms with Gasteiger partial charge in [-0.1, -0.05) is 13.3 Å². The molecule has 1 fully saturated rings. The van der Waals surface area contributed by atoms with Gasteiger partial charge in [0.15, 0.2) is 0 Å². The predicted molar refractivity (Wildman–Crippen MR) is 69.1 cm³/mol. The standard InChI is InChI=1S/C13H24N2O3/c1-2-3-8-15(13(17)18)9-10-4-6-11(7-5-10)12(14)16/h10-11H,2-9H2,1H3,(H2,14,16)(H,17,18)/t10-,11-. The van der Waals surface area contributed by atoms with Crippen molar-refractivity contribution in [3.8, 4) is 0 Å². The molecular formula is C13H24N2O3. The Labute approximate surface area is 108 Å². The van der Waals surface area contributed by atoms with Gasteiger partial charge in [0.1, 0.15) is 0 Å². The molecule has 1 rings (SSSR count). The number of nitrogens with zero attached hydrogens (tertiary/aromatic N) is 1. The van der Waals surface area contributed by atoms with Crippen molar-refractivity contribution in [2.75, 3.05) is 13.1 Å².